The average molecular weight is 314 g/mol. The van der Waals surface area contributed by atoms with Gasteiger partial charge in [0.1, 0.15) is 5.75 Å². The van der Waals surface area contributed by atoms with E-state index in [1.807, 2.05) is 5.43 Å². The van der Waals surface area contributed by atoms with Crippen LogP contribution in [-0.2, 0) is 6.18 Å². The Morgan fingerprint density at radius 2 is 1.95 bits per heavy atom. The maximum Gasteiger partial charge on any atom is 0.433 e. The lowest BCUT2D eigenvalue weighted by Gasteiger charge is -2.03. The number of halogens is 3. The number of aromatic hydroxyl groups is 1. The van der Waals surface area contributed by atoms with Crippen molar-refractivity contribution in [3.8, 4) is 5.75 Å². The number of para-hydroxylation sites is 1. The number of hydrogen-bond acceptors (Lipinski definition) is 4. The van der Waals surface area contributed by atoms with E-state index >= 15 is 0 Å². The summed E-state index contributed by atoms with van der Waals surface area (Å²) in [6.07, 6.45) is -4.21. The van der Waals surface area contributed by atoms with Crippen LogP contribution >= 0.6 is 0 Å². The predicted octanol–water partition coefficient (Wildman–Crippen LogP) is 1.19. The van der Waals surface area contributed by atoms with Crippen molar-refractivity contribution in [1.82, 2.24) is 15.6 Å². The molecule has 2 rings (SSSR count). The number of amides is 1. The summed E-state index contributed by atoms with van der Waals surface area (Å²) in [5, 5.41) is 16.2. The highest BCUT2D eigenvalue weighted by Crippen LogP contribution is 2.28. The zero-order valence-corrected chi connectivity index (χ0v) is 10.7. The third kappa shape index (κ3) is 3.16. The summed E-state index contributed by atoms with van der Waals surface area (Å²) in [7, 11) is 0. The van der Waals surface area contributed by atoms with Gasteiger partial charge in [-0.25, -0.2) is 5.43 Å². The number of H-pyrrole nitrogens is 2. The lowest BCUT2D eigenvalue weighted by atomic mass is 10.2. The maximum atomic E-state index is 12.6. The minimum atomic E-state index is -4.78. The van der Waals surface area contributed by atoms with Crippen LogP contribution in [0.3, 0.4) is 0 Å². The van der Waals surface area contributed by atoms with Crippen molar-refractivity contribution >= 4 is 12.1 Å². The molecule has 0 fully saturated rings. The van der Waals surface area contributed by atoms with Gasteiger partial charge >= 0.3 is 6.18 Å². The maximum absolute atomic E-state index is 12.6. The van der Waals surface area contributed by atoms with Gasteiger partial charge in [0.2, 0.25) is 0 Å². The van der Waals surface area contributed by atoms with Crippen LogP contribution in [0, 0.1) is 0 Å². The SMILES string of the molecule is O=C(NN=Cc1c(C(F)(F)F)[nH][nH]c1=O)c1ccccc1O. The molecule has 10 heteroatoms. The number of alkyl halides is 3. The molecule has 0 saturated carbocycles. The van der Waals surface area contributed by atoms with E-state index in [0.717, 1.165) is 0 Å². The summed E-state index contributed by atoms with van der Waals surface area (Å²) < 4.78 is 37.8. The Labute approximate surface area is 120 Å². The predicted molar refractivity (Wildman–Crippen MR) is 69.6 cm³/mol. The molecule has 1 amide bonds. The van der Waals surface area contributed by atoms with Gasteiger partial charge in [-0.1, -0.05) is 12.1 Å². The molecule has 0 aliphatic carbocycles. The fraction of sp³-hybridized carbons (Fsp3) is 0.0833. The molecule has 0 radical (unpaired) electrons. The van der Waals surface area contributed by atoms with Crippen LogP contribution in [0.25, 0.3) is 0 Å². The van der Waals surface area contributed by atoms with Gasteiger partial charge in [0, 0.05) is 0 Å². The molecule has 7 nitrogen and oxygen atoms in total. The second-order valence-corrected chi connectivity index (χ2v) is 4.08. The minimum absolute atomic E-state index is 0.112. The number of hydrazone groups is 1. The van der Waals surface area contributed by atoms with Crippen molar-refractivity contribution < 1.29 is 23.1 Å². The van der Waals surface area contributed by atoms with Crippen molar-refractivity contribution in [1.29, 1.82) is 0 Å². The Balaban J connectivity index is 2.18. The third-order valence-corrected chi connectivity index (χ3v) is 2.61. The summed E-state index contributed by atoms with van der Waals surface area (Å²) >= 11 is 0. The zero-order chi connectivity index (χ0) is 16.3. The van der Waals surface area contributed by atoms with E-state index in [4.69, 9.17) is 0 Å². The number of phenols is 1. The quantitative estimate of drug-likeness (QED) is 0.504. The van der Waals surface area contributed by atoms with E-state index in [2.05, 4.69) is 5.10 Å². The number of aromatic nitrogens is 2. The van der Waals surface area contributed by atoms with Crippen LogP contribution in [-0.4, -0.2) is 27.4 Å². The number of aromatic amines is 2. The number of carbonyl (C=O) groups excluding carboxylic acids is 1. The van der Waals surface area contributed by atoms with Crippen LogP contribution in [0.4, 0.5) is 13.2 Å². The van der Waals surface area contributed by atoms with Gasteiger partial charge in [-0.05, 0) is 12.1 Å². The summed E-state index contributed by atoms with van der Waals surface area (Å²) in [6.45, 7) is 0. The first-order valence-corrected chi connectivity index (χ1v) is 5.80. The fourth-order valence-corrected chi connectivity index (χ4v) is 1.60. The molecule has 0 bridgehead atoms. The number of benzene rings is 1. The molecule has 22 heavy (non-hydrogen) atoms. The van der Waals surface area contributed by atoms with E-state index < -0.39 is 28.9 Å². The van der Waals surface area contributed by atoms with Gasteiger partial charge < -0.3 is 5.11 Å². The Kier molecular flexibility index (Phi) is 4.02. The molecular formula is C12H9F3N4O3. The first-order chi connectivity index (χ1) is 10.3. The van der Waals surface area contributed by atoms with Gasteiger partial charge in [-0.3, -0.25) is 19.8 Å². The van der Waals surface area contributed by atoms with E-state index in [9.17, 15) is 27.9 Å². The largest absolute Gasteiger partial charge is 0.507 e. The molecule has 0 aliphatic heterocycles. The number of carbonyl (C=O) groups is 1. The fourth-order valence-electron chi connectivity index (χ4n) is 1.60. The summed E-state index contributed by atoms with van der Waals surface area (Å²) in [6, 6.07) is 5.53. The lowest BCUT2D eigenvalue weighted by Crippen LogP contribution is -2.19. The number of nitrogens with one attached hydrogen (secondary N) is 3. The van der Waals surface area contributed by atoms with Gasteiger partial charge in [-0.15, -0.1) is 0 Å². The van der Waals surface area contributed by atoms with Gasteiger partial charge in [0.25, 0.3) is 11.5 Å². The molecule has 2 aromatic rings. The second kappa shape index (κ2) is 5.76. The summed E-state index contributed by atoms with van der Waals surface area (Å²) in [5.74, 6) is -1.15. The molecule has 1 aromatic carbocycles. The molecule has 0 atom stereocenters. The van der Waals surface area contributed by atoms with Crippen LogP contribution in [0.15, 0.2) is 34.2 Å². The Bertz CT molecular complexity index is 776. The van der Waals surface area contributed by atoms with Crippen LogP contribution < -0.4 is 11.0 Å². The first kappa shape index (κ1) is 15.4. The molecule has 0 unspecified atom stereocenters. The number of nitrogens with zero attached hydrogens (tertiary/aromatic N) is 1. The Hall–Kier alpha value is -3.04. The molecule has 0 aliphatic rings. The standard InChI is InChI=1S/C12H9F3N4O3/c13-12(14,15)9-7(11(22)19-17-9)5-16-18-10(21)6-3-1-2-4-8(6)20/h1-5,20H,(H,18,21)(H2,17,19,22). The normalized spacial score (nSPS) is 11.8. The molecule has 0 spiro atoms. The van der Waals surface area contributed by atoms with Crippen molar-refractivity contribution in [2.75, 3.05) is 0 Å². The molecular weight excluding hydrogens is 305 g/mol. The summed E-state index contributed by atoms with van der Waals surface area (Å²) in [4.78, 5) is 22.9. The monoisotopic (exact) mass is 314 g/mol. The molecule has 4 N–H and O–H groups in total. The number of phenolic OH excluding ortho intramolecular Hbond substituents is 1. The van der Waals surface area contributed by atoms with Crippen molar-refractivity contribution in [3.63, 3.8) is 0 Å². The highest BCUT2D eigenvalue weighted by Gasteiger charge is 2.36. The third-order valence-electron chi connectivity index (χ3n) is 2.61. The van der Waals surface area contributed by atoms with E-state index in [1.165, 1.54) is 24.3 Å². The smallest absolute Gasteiger partial charge is 0.433 e. The highest BCUT2D eigenvalue weighted by molar-refractivity contribution is 5.97. The average Bonchev–Trinajstić information content (AvgIpc) is 2.80. The Morgan fingerprint density at radius 1 is 1.27 bits per heavy atom. The van der Waals surface area contributed by atoms with Crippen LogP contribution in [0.2, 0.25) is 0 Å². The molecule has 1 heterocycles. The highest BCUT2D eigenvalue weighted by atomic mass is 19.4. The topological polar surface area (TPSA) is 110 Å². The minimum Gasteiger partial charge on any atom is -0.507 e. The van der Waals surface area contributed by atoms with E-state index in [-0.39, 0.29) is 11.3 Å². The second-order valence-electron chi connectivity index (χ2n) is 4.08. The van der Waals surface area contributed by atoms with Crippen molar-refractivity contribution in [2.24, 2.45) is 5.10 Å². The zero-order valence-electron chi connectivity index (χ0n) is 10.7. The lowest BCUT2D eigenvalue weighted by molar-refractivity contribution is -0.141. The van der Waals surface area contributed by atoms with E-state index in [0.29, 0.717) is 6.21 Å². The van der Waals surface area contributed by atoms with Gasteiger partial charge in [0.15, 0.2) is 5.69 Å². The molecule has 1 aromatic heterocycles. The number of rotatable bonds is 3. The Morgan fingerprint density at radius 3 is 2.59 bits per heavy atom. The van der Waals surface area contributed by atoms with E-state index in [1.54, 1.807) is 10.2 Å². The van der Waals surface area contributed by atoms with Crippen molar-refractivity contribution in [3.05, 3.63) is 51.4 Å². The van der Waals surface area contributed by atoms with Crippen molar-refractivity contribution in [2.45, 2.75) is 6.18 Å². The van der Waals surface area contributed by atoms with Crippen LogP contribution in [0.1, 0.15) is 21.6 Å². The molecule has 116 valence electrons. The van der Waals surface area contributed by atoms with Crippen LogP contribution in [0.5, 0.6) is 5.75 Å². The van der Waals surface area contributed by atoms with Gasteiger partial charge in [0.05, 0.1) is 17.3 Å². The summed E-state index contributed by atoms with van der Waals surface area (Å²) in [5.41, 5.74) is -1.31. The number of hydrogen-bond donors (Lipinski definition) is 4. The first-order valence-electron chi connectivity index (χ1n) is 5.80. The van der Waals surface area contributed by atoms with Gasteiger partial charge in [-0.2, -0.15) is 18.3 Å². The molecule has 0 saturated heterocycles.